The molecule has 1 atom stereocenters. The van der Waals surface area contributed by atoms with Gasteiger partial charge in [-0.15, -0.1) is 0 Å². The number of piperidine rings is 1. The molecule has 1 fully saturated rings. The highest BCUT2D eigenvalue weighted by Crippen LogP contribution is 2.30. The number of carbonyl (C=O) groups is 3. The van der Waals surface area contributed by atoms with Gasteiger partial charge in [0.25, 0.3) is 0 Å². The van der Waals surface area contributed by atoms with Crippen molar-refractivity contribution in [2.24, 2.45) is 0 Å². The number of hydrogen-bond acceptors (Lipinski definition) is 7. The Kier molecular flexibility index (Phi) is 11.0. The van der Waals surface area contributed by atoms with Gasteiger partial charge in [0, 0.05) is 24.3 Å². The Morgan fingerprint density at radius 3 is 2.31 bits per heavy atom. The summed E-state index contributed by atoms with van der Waals surface area (Å²) in [5.41, 5.74) is 3.44. The molecule has 3 aromatic carbocycles. The van der Waals surface area contributed by atoms with Crippen LogP contribution in [0.2, 0.25) is 0 Å². The molecule has 1 aliphatic rings. The number of esters is 2. The quantitative estimate of drug-likeness (QED) is 0.275. The Labute approximate surface area is 248 Å². The molecule has 222 valence electrons. The van der Waals surface area contributed by atoms with E-state index in [2.05, 4.69) is 10.2 Å². The first kappa shape index (κ1) is 30.6. The van der Waals surface area contributed by atoms with Crippen molar-refractivity contribution >= 4 is 23.5 Å². The summed E-state index contributed by atoms with van der Waals surface area (Å²) in [6, 6.07) is 21.1. The van der Waals surface area contributed by atoms with Gasteiger partial charge in [0.2, 0.25) is 5.91 Å². The Morgan fingerprint density at radius 2 is 1.60 bits per heavy atom. The number of nitrogens with one attached hydrogen (secondary N) is 1. The molecule has 0 bridgehead atoms. The van der Waals surface area contributed by atoms with E-state index in [1.165, 1.54) is 6.42 Å². The molecule has 4 rings (SSSR count). The normalized spacial score (nSPS) is 13.8. The summed E-state index contributed by atoms with van der Waals surface area (Å²) in [6.45, 7) is 7.68. The van der Waals surface area contributed by atoms with Crippen molar-refractivity contribution in [1.82, 2.24) is 5.32 Å². The molecule has 3 aromatic rings. The monoisotopic (exact) mass is 572 g/mol. The first-order chi connectivity index (χ1) is 20.4. The van der Waals surface area contributed by atoms with Crippen LogP contribution < -0.4 is 15.0 Å². The first-order valence-electron chi connectivity index (χ1n) is 14.7. The molecule has 0 aliphatic carbocycles. The number of anilines is 1. The number of carbonyl (C=O) groups excluding carboxylic acids is 3. The van der Waals surface area contributed by atoms with Crippen molar-refractivity contribution in [3.63, 3.8) is 0 Å². The zero-order chi connectivity index (χ0) is 29.9. The van der Waals surface area contributed by atoms with Crippen molar-refractivity contribution in [2.75, 3.05) is 24.6 Å². The number of benzene rings is 3. The zero-order valence-corrected chi connectivity index (χ0v) is 24.6. The highest BCUT2D eigenvalue weighted by molar-refractivity contribution is 5.93. The molecule has 1 aliphatic heterocycles. The number of rotatable bonds is 12. The van der Waals surface area contributed by atoms with Gasteiger partial charge in [-0.3, -0.25) is 4.79 Å². The predicted molar refractivity (Wildman–Crippen MR) is 161 cm³/mol. The minimum absolute atomic E-state index is 0.0171. The van der Waals surface area contributed by atoms with Crippen molar-refractivity contribution in [1.29, 1.82) is 0 Å². The average Bonchev–Trinajstić information content (AvgIpc) is 2.99. The van der Waals surface area contributed by atoms with E-state index >= 15 is 0 Å². The lowest BCUT2D eigenvalue weighted by Gasteiger charge is -2.32. The number of para-hydroxylation sites is 1. The molecular formula is C34H40N2O6. The van der Waals surface area contributed by atoms with E-state index in [1.807, 2.05) is 61.5 Å². The number of hydrogen-bond donors (Lipinski definition) is 1. The predicted octanol–water partition coefficient (Wildman–Crippen LogP) is 5.78. The Bertz CT molecular complexity index is 1350. The van der Waals surface area contributed by atoms with Crippen molar-refractivity contribution in [3.05, 3.63) is 95.1 Å². The van der Waals surface area contributed by atoms with Crippen molar-refractivity contribution in [2.45, 2.75) is 65.2 Å². The van der Waals surface area contributed by atoms with E-state index in [1.54, 1.807) is 32.0 Å². The van der Waals surface area contributed by atoms with Gasteiger partial charge in [-0.2, -0.15) is 0 Å². The second kappa shape index (κ2) is 15.1. The molecule has 1 N–H and O–H groups in total. The van der Waals surface area contributed by atoms with Crippen molar-refractivity contribution in [3.8, 4) is 5.75 Å². The summed E-state index contributed by atoms with van der Waals surface area (Å²) in [7, 11) is 0. The maximum absolute atomic E-state index is 13.4. The fourth-order valence-corrected chi connectivity index (χ4v) is 5.04. The molecule has 0 aromatic heterocycles. The van der Waals surface area contributed by atoms with Gasteiger partial charge < -0.3 is 24.4 Å². The number of nitrogens with zero attached hydrogens (tertiary/aromatic N) is 1. The lowest BCUT2D eigenvalue weighted by molar-refractivity contribution is -0.151. The largest absolute Gasteiger partial charge is 0.493 e. The van der Waals surface area contributed by atoms with Gasteiger partial charge in [0.05, 0.1) is 19.1 Å². The minimum Gasteiger partial charge on any atom is -0.493 e. The third-order valence-corrected chi connectivity index (χ3v) is 6.98. The van der Waals surface area contributed by atoms with Gasteiger partial charge >= 0.3 is 11.9 Å². The zero-order valence-electron chi connectivity index (χ0n) is 24.6. The molecule has 1 saturated heterocycles. The molecule has 0 radical (unpaired) electrons. The van der Waals surface area contributed by atoms with Crippen LogP contribution >= 0.6 is 0 Å². The van der Waals surface area contributed by atoms with Gasteiger partial charge in [-0.1, -0.05) is 54.6 Å². The maximum Gasteiger partial charge on any atom is 0.342 e. The SMILES string of the molecule is CCOc1cc(CC(=O)NC(C(=O)OC(C)C)c2ccccc2N2CCCCC2)ccc1C(=O)OCc1ccccc1. The number of amides is 1. The van der Waals surface area contributed by atoms with E-state index in [0.29, 0.717) is 23.5 Å². The second-order valence-corrected chi connectivity index (χ2v) is 10.6. The molecule has 8 heteroatoms. The van der Waals surface area contributed by atoms with Crippen LogP contribution in [0.15, 0.2) is 72.8 Å². The third-order valence-electron chi connectivity index (χ3n) is 6.98. The first-order valence-corrected chi connectivity index (χ1v) is 14.7. The smallest absolute Gasteiger partial charge is 0.342 e. The molecule has 1 amide bonds. The lowest BCUT2D eigenvalue weighted by Crippen LogP contribution is -2.38. The molecule has 1 heterocycles. The van der Waals surface area contributed by atoms with Crippen LogP contribution in [-0.4, -0.2) is 43.6 Å². The van der Waals surface area contributed by atoms with E-state index < -0.39 is 18.0 Å². The summed E-state index contributed by atoms with van der Waals surface area (Å²) >= 11 is 0. The summed E-state index contributed by atoms with van der Waals surface area (Å²) < 4.78 is 16.8. The van der Waals surface area contributed by atoms with Gasteiger partial charge in [-0.25, -0.2) is 9.59 Å². The van der Waals surface area contributed by atoms with Crippen LogP contribution in [0.1, 0.15) is 73.1 Å². The summed E-state index contributed by atoms with van der Waals surface area (Å²) in [6.07, 6.45) is 3.00. The third kappa shape index (κ3) is 8.35. The van der Waals surface area contributed by atoms with E-state index in [9.17, 15) is 14.4 Å². The Balaban J connectivity index is 1.51. The highest BCUT2D eigenvalue weighted by atomic mass is 16.5. The minimum atomic E-state index is -0.961. The molecule has 0 spiro atoms. The summed E-state index contributed by atoms with van der Waals surface area (Å²) in [5, 5.41) is 2.92. The van der Waals surface area contributed by atoms with Crippen LogP contribution in [0.5, 0.6) is 5.75 Å². The standard InChI is InChI=1S/C34H40N2O6/c1-4-40-30-21-26(17-18-28(30)33(38)41-23-25-13-7-5-8-14-25)22-31(37)35-32(34(39)42-24(2)3)27-15-9-10-16-29(27)36-19-11-6-12-20-36/h5,7-10,13-18,21,24,32H,4,6,11-12,19-20,22-23H2,1-3H3,(H,35,37). The fraction of sp³-hybridized carbons (Fsp3) is 0.382. The van der Waals surface area contributed by atoms with E-state index in [4.69, 9.17) is 14.2 Å². The fourth-order valence-electron chi connectivity index (χ4n) is 5.04. The highest BCUT2D eigenvalue weighted by Gasteiger charge is 2.29. The summed E-state index contributed by atoms with van der Waals surface area (Å²) in [5.74, 6) is -1.03. The Morgan fingerprint density at radius 1 is 0.881 bits per heavy atom. The molecule has 8 nitrogen and oxygen atoms in total. The molecular weight excluding hydrogens is 532 g/mol. The lowest BCUT2D eigenvalue weighted by atomic mass is 10.0. The van der Waals surface area contributed by atoms with Crippen LogP contribution in [0.4, 0.5) is 5.69 Å². The molecule has 0 saturated carbocycles. The summed E-state index contributed by atoms with van der Waals surface area (Å²) in [4.78, 5) is 41.7. The molecule has 1 unspecified atom stereocenters. The second-order valence-electron chi connectivity index (χ2n) is 10.6. The van der Waals surface area contributed by atoms with Crippen LogP contribution in [0.3, 0.4) is 0 Å². The van der Waals surface area contributed by atoms with Crippen LogP contribution in [0.25, 0.3) is 0 Å². The van der Waals surface area contributed by atoms with Crippen LogP contribution in [-0.2, 0) is 32.1 Å². The maximum atomic E-state index is 13.4. The average molecular weight is 573 g/mol. The van der Waals surface area contributed by atoms with E-state index in [0.717, 1.165) is 37.2 Å². The molecule has 42 heavy (non-hydrogen) atoms. The van der Waals surface area contributed by atoms with E-state index in [-0.39, 0.29) is 30.6 Å². The number of ether oxygens (including phenoxy) is 3. The van der Waals surface area contributed by atoms with Gasteiger partial charge in [-0.05, 0) is 69.4 Å². The van der Waals surface area contributed by atoms with Crippen LogP contribution in [0, 0.1) is 0 Å². The Hall–Kier alpha value is -4.33. The van der Waals surface area contributed by atoms with Gasteiger partial charge in [0.1, 0.15) is 17.9 Å². The van der Waals surface area contributed by atoms with Gasteiger partial charge in [0.15, 0.2) is 6.04 Å². The van der Waals surface area contributed by atoms with Crippen molar-refractivity contribution < 1.29 is 28.6 Å². The topological polar surface area (TPSA) is 94.2 Å².